The molecule has 0 saturated heterocycles. The van der Waals surface area contributed by atoms with Crippen LogP contribution >= 0.6 is 0 Å². The van der Waals surface area contributed by atoms with Gasteiger partial charge in [0, 0.05) is 42.6 Å². The molecule has 2 aromatic carbocycles. The summed E-state index contributed by atoms with van der Waals surface area (Å²) >= 11 is 0. The third-order valence-electron chi connectivity index (χ3n) is 6.55. The van der Waals surface area contributed by atoms with Gasteiger partial charge in [-0.3, -0.25) is 0 Å². The molecule has 2 aromatic rings. The zero-order valence-electron chi connectivity index (χ0n) is 22.7. The van der Waals surface area contributed by atoms with Crippen LogP contribution in [-0.4, -0.2) is 24.4 Å². The van der Waals surface area contributed by atoms with E-state index in [2.05, 4.69) is 117 Å². The van der Waals surface area contributed by atoms with Crippen LogP contribution in [0, 0.1) is 0 Å². The summed E-state index contributed by atoms with van der Waals surface area (Å²) in [5, 5.41) is 0. The first kappa shape index (κ1) is 27.1. The highest BCUT2D eigenvalue weighted by Crippen LogP contribution is 2.33. The van der Waals surface area contributed by atoms with Crippen LogP contribution in [0.15, 0.2) is 95.3 Å². The summed E-state index contributed by atoms with van der Waals surface area (Å²) in [6.45, 7) is 14.6. The maximum Gasteiger partial charge on any atom is 0.208 e. The highest BCUT2D eigenvalue weighted by atomic mass is 15.1. The topological polar surface area (TPSA) is 6.25 Å². The van der Waals surface area contributed by atoms with Crippen molar-refractivity contribution in [2.24, 2.45) is 0 Å². The van der Waals surface area contributed by atoms with Crippen LogP contribution in [0.5, 0.6) is 0 Å². The summed E-state index contributed by atoms with van der Waals surface area (Å²) in [5.74, 6) is 0. The normalized spacial score (nSPS) is 16.6. The Bertz CT molecular complexity index is 1140. The first-order valence-corrected chi connectivity index (χ1v) is 12.7. The van der Waals surface area contributed by atoms with Crippen LogP contribution in [0.1, 0.15) is 59.6 Å². The number of rotatable bonds is 4. The van der Waals surface area contributed by atoms with Gasteiger partial charge in [-0.1, -0.05) is 76.2 Å². The Balaban J connectivity index is 0.000000970. The smallest absolute Gasteiger partial charge is 0.208 e. The first-order valence-electron chi connectivity index (χ1n) is 12.7. The van der Waals surface area contributed by atoms with E-state index < -0.39 is 0 Å². The van der Waals surface area contributed by atoms with Crippen LogP contribution in [0.25, 0.3) is 0 Å². The fourth-order valence-corrected chi connectivity index (χ4v) is 4.26. The Morgan fingerprint density at radius 2 is 1.47 bits per heavy atom. The van der Waals surface area contributed by atoms with E-state index in [9.17, 15) is 0 Å². The number of anilines is 1. The summed E-state index contributed by atoms with van der Waals surface area (Å²) in [7, 11) is 4.32. The van der Waals surface area contributed by atoms with Crippen molar-refractivity contribution in [2.45, 2.75) is 61.3 Å². The molecule has 0 aromatic heterocycles. The van der Waals surface area contributed by atoms with Crippen molar-refractivity contribution in [3.63, 3.8) is 0 Å². The molecule has 2 heteroatoms. The lowest BCUT2D eigenvalue weighted by atomic mass is 10.0. The van der Waals surface area contributed by atoms with Gasteiger partial charge in [0.05, 0.1) is 6.42 Å². The average molecular weight is 456 g/mol. The second kappa shape index (κ2) is 12.9. The average Bonchev–Trinajstić information content (AvgIpc) is 3.39. The lowest BCUT2D eigenvalue weighted by Gasteiger charge is -2.14. The molecular weight excluding hydrogens is 412 g/mol. The number of benzene rings is 2. The molecule has 0 N–H and O–H groups in total. The van der Waals surface area contributed by atoms with Crippen molar-refractivity contribution in [1.29, 1.82) is 0 Å². The monoisotopic (exact) mass is 455 g/mol. The largest absolute Gasteiger partial charge is 0.348 e. The van der Waals surface area contributed by atoms with Crippen molar-refractivity contribution in [3.05, 3.63) is 106 Å². The third kappa shape index (κ3) is 6.05. The number of allylic oxidation sites excluding steroid dienone is 8. The van der Waals surface area contributed by atoms with E-state index in [0.29, 0.717) is 0 Å². The highest BCUT2D eigenvalue weighted by molar-refractivity contribution is 5.96. The van der Waals surface area contributed by atoms with Gasteiger partial charge >= 0.3 is 0 Å². The number of fused-ring (bicyclic) bond motifs is 2. The van der Waals surface area contributed by atoms with Gasteiger partial charge in [0.1, 0.15) is 7.05 Å². The number of para-hydroxylation sites is 2. The van der Waals surface area contributed by atoms with E-state index in [4.69, 9.17) is 0 Å². The molecule has 0 amide bonds. The van der Waals surface area contributed by atoms with Crippen molar-refractivity contribution in [3.8, 4) is 0 Å². The Labute approximate surface area is 208 Å². The van der Waals surface area contributed by atoms with Gasteiger partial charge in [0.25, 0.3) is 0 Å². The molecule has 2 aliphatic rings. The fraction of sp³-hybridized carbons (Fsp3) is 0.344. The van der Waals surface area contributed by atoms with Gasteiger partial charge in [-0.2, -0.15) is 4.58 Å². The van der Waals surface area contributed by atoms with Crippen LogP contribution in [0.3, 0.4) is 0 Å². The Hall–Kier alpha value is -3.13. The molecule has 0 bridgehead atoms. The van der Waals surface area contributed by atoms with Crippen molar-refractivity contribution >= 4 is 17.1 Å². The van der Waals surface area contributed by atoms with Crippen LogP contribution in [0.4, 0.5) is 11.4 Å². The van der Waals surface area contributed by atoms with E-state index >= 15 is 0 Å². The maximum absolute atomic E-state index is 2.30. The SMILES string of the molecule is CC.CC.CC(=C\C=C1/Cc2ccccc2N1C)/C(C)=C(C)/C=C/C1=[N+](C)c2ccccc2C1. The van der Waals surface area contributed by atoms with Gasteiger partial charge in [0.2, 0.25) is 5.69 Å². The Morgan fingerprint density at radius 3 is 2.12 bits per heavy atom. The first-order chi connectivity index (χ1) is 16.5. The molecule has 0 saturated carbocycles. The molecule has 0 atom stereocenters. The van der Waals surface area contributed by atoms with E-state index in [1.54, 1.807) is 0 Å². The van der Waals surface area contributed by atoms with E-state index in [0.717, 1.165) is 12.8 Å². The molecule has 4 rings (SSSR count). The van der Waals surface area contributed by atoms with Gasteiger partial charge in [-0.25, -0.2) is 0 Å². The zero-order chi connectivity index (χ0) is 25.3. The minimum absolute atomic E-state index is 1.00. The summed E-state index contributed by atoms with van der Waals surface area (Å²) in [5.41, 5.74) is 12.1. The predicted octanol–water partition coefficient (Wildman–Crippen LogP) is 8.43. The second-order valence-electron chi connectivity index (χ2n) is 8.37. The molecule has 2 aliphatic heterocycles. The summed E-state index contributed by atoms with van der Waals surface area (Å²) < 4.78 is 2.30. The number of hydrogen-bond donors (Lipinski definition) is 0. The van der Waals surface area contributed by atoms with Gasteiger partial charge in [-0.05, 0) is 55.2 Å². The van der Waals surface area contributed by atoms with Crippen LogP contribution < -0.4 is 4.90 Å². The molecule has 0 radical (unpaired) electrons. The van der Waals surface area contributed by atoms with Gasteiger partial charge in [-0.15, -0.1) is 0 Å². The molecule has 2 heterocycles. The van der Waals surface area contributed by atoms with E-state index in [1.165, 1.54) is 50.6 Å². The Kier molecular flexibility index (Phi) is 10.3. The lowest BCUT2D eigenvalue weighted by Crippen LogP contribution is -2.10. The molecule has 0 fully saturated rings. The van der Waals surface area contributed by atoms with Crippen molar-refractivity contribution in [2.75, 3.05) is 19.0 Å². The van der Waals surface area contributed by atoms with Gasteiger partial charge in [0.15, 0.2) is 5.71 Å². The summed E-state index contributed by atoms with van der Waals surface area (Å²) in [6, 6.07) is 17.3. The molecule has 180 valence electrons. The molecule has 0 spiro atoms. The third-order valence-corrected chi connectivity index (χ3v) is 6.55. The standard InChI is InChI=1S/C28H31N2.2C2H6/c1-20(14-16-25-18-23-10-6-8-12-27(23)29(25)4)22(3)21(2)15-17-26-19-24-11-7-9-13-28(24)30(26)5;2*1-2/h6-17H,18-19H2,1-5H3;2*1-2H3/q+1;;. The molecule has 0 unspecified atom stereocenters. The second-order valence-corrected chi connectivity index (χ2v) is 8.37. The number of nitrogens with zero attached hydrogens (tertiary/aromatic N) is 2. The maximum atomic E-state index is 2.30. The quantitative estimate of drug-likeness (QED) is 0.331. The predicted molar refractivity (Wildman–Crippen MR) is 152 cm³/mol. The molecule has 0 aliphatic carbocycles. The van der Waals surface area contributed by atoms with E-state index in [1.807, 2.05) is 27.7 Å². The Morgan fingerprint density at radius 1 is 0.853 bits per heavy atom. The van der Waals surface area contributed by atoms with Crippen LogP contribution in [-0.2, 0) is 12.8 Å². The van der Waals surface area contributed by atoms with Crippen LogP contribution in [0.2, 0.25) is 0 Å². The van der Waals surface area contributed by atoms with Crippen molar-refractivity contribution in [1.82, 2.24) is 0 Å². The highest BCUT2D eigenvalue weighted by Gasteiger charge is 2.24. The summed E-state index contributed by atoms with van der Waals surface area (Å²) in [6.07, 6.45) is 11.1. The lowest BCUT2D eigenvalue weighted by molar-refractivity contribution is -0.400. The van der Waals surface area contributed by atoms with Crippen molar-refractivity contribution < 1.29 is 4.58 Å². The van der Waals surface area contributed by atoms with Gasteiger partial charge < -0.3 is 4.90 Å². The summed E-state index contributed by atoms with van der Waals surface area (Å²) in [4.78, 5) is 2.30. The fourth-order valence-electron chi connectivity index (χ4n) is 4.26. The number of likely N-dealkylation sites (N-methyl/N-ethyl adjacent to an activating group) is 1. The minimum Gasteiger partial charge on any atom is -0.348 e. The zero-order valence-corrected chi connectivity index (χ0v) is 22.7. The molecule has 34 heavy (non-hydrogen) atoms. The van der Waals surface area contributed by atoms with E-state index in [-0.39, 0.29) is 0 Å². The number of hydrogen-bond acceptors (Lipinski definition) is 1. The minimum atomic E-state index is 1.00. The molecular formula is C32H43N2+. The molecule has 2 nitrogen and oxygen atoms in total.